The summed E-state index contributed by atoms with van der Waals surface area (Å²) in [6.45, 7) is 28.1. The van der Waals surface area contributed by atoms with E-state index >= 15 is 0 Å². The third-order valence-electron chi connectivity index (χ3n) is 16.8. The average Bonchev–Trinajstić information content (AvgIpc) is 3.96. The van der Waals surface area contributed by atoms with Gasteiger partial charge in [-0.25, -0.2) is 0 Å². The van der Waals surface area contributed by atoms with Crippen LogP contribution in [0.5, 0.6) is 0 Å². The molecule has 0 radical (unpaired) electrons. The quantitative estimate of drug-likeness (QED) is 0.166. The first-order valence-electron chi connectivity index (χ1n) is 26.6. The zero-order chi connectivity index (χ0) is 51.0. The van der Waals surface area contributed by atoms with Gasteiger partial charge in [0.2, 0.25) is 0 Å². The van der Waals surface area contributed by atoms with Gasteiger partial charge in [-0.3, -0.25) is 0 Å². The van der Waals surface area contributed by atoms with Crippen molar-refractivity contribution in [3.8, 4) is 33.4 Å². The van der Waals surface area contributed by atoms with Gasteiger partial charge in [-0.2, -0.15) is 0 Å². The van der Waals surface area contributed by atoms with Crippen molar-refractivity contribution in [2.45, 2.75) is 116 Å². The van der Waals surface area contributed by atoms with Crippen molar-refractivity contribution in [1.29, 1.82) is 0 Å². The van der Waals surface area contributed by atoms with Gasteiger partial charge in [0.25, 0.3) is 0 Å². The Labute approximate surface area is 435 Å². The van der Waals surface area contributed by atoms with Crippen molar-refractivity contribution in [2.24, 2.45) is 0 Å². The Balaban J connectivity index is 1.15. The molecule has 1 heteroatoms. The van der Waals surface area contributed by atoms with Crippen LogP contribution in [0.4, 0.5) is 17.1 Å². The summed E-state index contributed by atoms with van der Waals surface area (Å²) in [6.07, 6.45) is 0. The first kappa shape index (κ1) is 46.8. The fourth-order valence-electron chi connectivity index (χ4n) is 12.9. The van der Waals surface area contributed by atoms with E-state index in [1.807, 2.05) is 0 Å². The van der Waals surface area contributed by atoms with Crippen LogP contribution in [0.15, 0.2) is 200 Å². The fraction of sp³-hybridized carbons (Fsp3) is 0.250. The number of benzene rings is 9. The maximum absolute atomic E-state index is 2.58. The molecule has 3 aliphatic rings. The molecular formula is C72H69N. The van der Waals surface area contributed by atoms with Gasteiger partial charge in [0, 0.05) is 17.1 Å². The molecule has 0 N–H and O–H groups in total. The van der Waals surface area contributed by atoms with Crippen LogP contribution in [0, 0.1) is 0 Å². The summed E-state index contributed by atoms with van der Waals surface area (Å²) >= 11 is 0. The van der Waals surface area contributed by atoms with E-state index in [0.717, 1.165) is 17.1 Å². The van der Waals surface area contributed by atoms with E-state index in [9.17, 15) is 0 Å². The van der Waals surface area contributed by atoms with Crippen LogP contribution in [-0.4, -0.2) is 0 Å². The van der Waals surface area contributed by atoms with Gasteiger partial charge in [-0.05, 0) is 158 Å². The van der Waals surface area contributed by atoms with Crippen molar-refractivity contribution >= 4 is 17.1 Å². The molecule has 0 aromatic heterocycles. The van der Waals surface area contributed by atoms with Gasteiger partial charge in [0.05, 0.1) is 10.8 Å². The lowest BCUT2D eigenvalue weighted by molar-refractivity contribution is 0.584. The van der Waals surface area contributed by atoms with Crippen molar-refractivity contribution in [2.75, 3.05) is 4.90 Å². The molecule has 362 valence electrons. The van der Waals surface area contributed by atoms with Gasteiger partial charge in [-0.15, -0.1) is 0 Å². The van der Waals surface area contributed by atoms with E-state index < -0.39 is 10.8 Å². The largest absolute Gasteiger partial charge is 0.310 e. The molecular weight excluding hydrogens is 879 g/mol. The minimum Gasteiger partial charge on any atom is -0.310 e. The number of nitrogens with zero attached hydrogens (tertiary/aromatic N) is 1. The molecule has 0 amide bonds. The molecule has 0 bridgehead atoms. The topological polar surface area (TPSA) is 3.24 Å². The van der Waals surface area contributed by atoms with E-state index in [1.54, 1.807) is 0 Å². The molecule has 0 aliphatic heterocycles. The molecule has 0 saturated carbocycles. The van der Waals surface area contributed by atoms with E-state index in [-0.39, 0.29) is 21.7 Å². The normalized spacial score (nSPS) is 16.1. The van der Waals surface area contributed by atoms with Gasteiger partial charge in [0.1, 0.15) is 0 Å². The Hall–Kier alpha value is -7.22. The monoisotopic (exact) mass is 948 g/mol. The number of hydrogen-bond acceptors (Lipinski definition) is 1. The Morgan fingerprint density at radius 1 is 0.247 bits per heavy atom. The van der Waals surface area contributed by atoms with Crippen molar-refractivity contribution < 1.29 is 0 Å². The Morgan fingerprint density at radius 3 is 1.01 bits per heavy atom. The third-order valence-corrected chi connectivity index (χ3v) is 16.8. The van der Waals surface area contributed by atoms with Crippen LogP contribution < -0.4 is 4.90 Å². The highest BCUT2D eigenvalue weighted by atomic mass is 15.1. The van der Waals surface area contributed by atoms with Crippen molar-refractivity contribution in [1.82, 2.24) is 0 Å². The number of rotatable bonds is 5. The van der Waals surface area contributed by atoms with Gasteiger partial charge >= 0.3 is 0 Å². The van der Waals surface area contributed by atoms with Gasteiger partial charge in [-0.1, -0.05) is 247 Å². The van der Waals surface area contributed by atoms with E-state index in [1.165, 1.54) is 100 Å². The standard InChI is InChI=1S/C72H69N/c1-67(2,3)46-27-29-48(30-28-46)71(47-21-15-13-16-22-47)61-26-20-19-25-55(61)59-39-34-53(44-65(59)71)73(52-23-17-14-18-24-52)54-35-40-60-58-38-33-51(70(10,11)12)43-64(58)72(66(60)45-54)62-41-49(68(4,5)6)31-36-56(62)57-37-32-50(42-63(57)72)69(7,8)9/h13-45H,1-12H3. The molecule has 73 heavy (non-hydrogen) atoms. The molecule has 0 heterocycles. The van der Waals surface area contributed by atoms with Crippen LogP contribution in [0.3, 0.4) is 0 Å². The lowest BCUT2D eigenvalue weighted by Crippen LogP contribution is -2.29. The van der Waals surface area contributed by atoms with Crippen molar-refractivity contribution in [3.63, 3.8) is 0 Å². The first-order chi connectivity index (χ1) is 34.7. The summed E-state index contributed by atoms with van der Waals surface area (Å²) in [6, 6.07) is 77.8. The summed E-state index contributed by atoms with van der Waals surface area (Å²) < 4.78 is 0. The molecule has 0 saturated heterocycles. The highest BCUT2D eigenvalue weighted by molar-refractivity contribution is 5.97. The summed E-state index contributed by atoms with van der Waals surface area (Å²) in [7, 11) is 0. The molecule has 3 aliphatic carbocycles. The highest BCUT2D eigenvalue weighted by Crippen LogP contribution is 2.65. The Bertz CT molecular complexity index is 3530. The average molecular weight is 948 g/mol. The number of hydrogen-bond donors (Lipinski definition) is 0. The second-order valence-electron chi connectivity index (χ2n) is 25.4. The first-order valence-corrected chi connectivity index (χ1v) is 26.6. The molecule has 1 spiro atoms. The molecule has 9 aromatic rings. The second-order valence-corrected chi connectivity index (χ2v) is 25.4. The van der Waals surface area contributed by atoms with Crippen LogP contribution >= 0.6 is 0 Å². The lowest BCUT2D eigenvalue weighted by Gasteiger charge is -2.36. The molecule has 1 atom stereocenters. The second kappa shape index (κ2) is 16.1. The van der Waals surface area contributed by atoms with Gasteiger partial charge < -0.3 is 4.90 Å². The van der Waals surface area contributed by atoms with Crippen LogP contribution in [0.25, 0.3) is 33.4 Å². The third kappa shape index (κ3) is 7.01. The zero-order valence-electron chi connectivity index (χ0n) is 45.0. The SMILES string of the molecule is CC(C)(C)c1ccc(C2(c3ccccc3)c3ccccc3-c3ccc(N(c4ccccc4)c4ccc5c(c4)C4(c6cc(C(C)(C)C)ccc6-5)c5cc(C(C)(C)C)ccc5-c5ccc(C(C)(C)C)cc54)cc32)cc1. The van der Waals surface area contributed by atoms with E-state index in [0.29, 0.717) is 0 Å². The fourth-order valence-corrected chi connectivity index (χ4v) is 12.9. The van der Waals surface area contributed by atoms with Crippen LogP contribution in [0.1, 0.15) is 150 Å². The predicted octanol–water partition coefficient (Wildman–Crippen LogP) is 19.1. The van der Waals surface area contributed by atoms with Crippen LogP contribution in [-0.2, 0) is 32.5 Å². The number of anilines is 3. The smallest absolute Gasteiger partial charge is 0.0726 e. The summed E-state index contributed by atoms with van der Waals surface area (Å²) in [5, 5.41) is 0. The summed E-state index contributed by atoms with van der Waals surface area (Å²) in [5.41, 5.74) is 26.1. The molecule has 12 rings (SSSR count). The number of para-hydroxylation sites is 1. The van der Waals surface area contributed by atoms with Gasteiger partial charge in [0.15, 0.2) is 0 Å². The minimum atomic E-state index is -0.557. The number of fused-ring (bicyclic) bond motifs is 13. The zero-order valence-corrected chi connectivity index (χ0v) is 45.0. The van der Waals surface area contributed by atoms with Crippen molar-refractivity contribution in [3.05, 3.63) is 267 Å². The van der Waals surface area contributed by atoms with Crippen LogP contribution in [0.2, 0.25) is 0 Å². The Morgan fingerprint density at radius 2 is 0.575 bits per heavy atom. The molecule has 1 unspecified atom stereocenters. The summed E-state index contributed by atoms with van der Waals surface area (Å²) in [5.74, 6) is 0. The lowest BCUT2D eigenvalue weighted by atomic mass is 9.67. The minimum absolute atomic E-state index is 0.0321. The summed E-state index contributed by atoms with van der Waals surface area (Å²) in [4.78, 5) is 2.52. The predicted molar refractivity (Wildman–Crippen MR) is 310 cm³/mol. The molecule has 0 fully saturated rings. The maximum Gasteiger partial charge on any atom is 0.0726 e. The van der Waals surface area contributed by atoms with E-state index in [2.05, 4.69) is 288 Å². The molecule has 1 nitrogen and oxygen atoms in total. The van der Waals surface area contributed by atoms with E-state index in [4.69, 9.17) is 0 Å². The maximum atomic E-state index is 2.58. The Kier molecular flexibility index (Phi) is 10.4. The highest BCUT2D eigenvalue weighted by Gasteiger charge is 2.53. The molecule has 9 aromatic carbocycles.